The standard InChI is InChI=1S/C29H25N5O6S2/c1-16(2)40-27(36)24-17(3)32-29-33(25(24)18-6-9-21(39-4)10-7-18)26(35)23(42-29)15-19-14-20(34(37)38)8-11-22(19)41-28-30-12-5-13-31-28/h5-16,25H,1-4H3/b23-15+/t25-/m0/s1. The second-order valence-corrected chi connectivity index (χ2v) is 11.4. The number of carbonyl (C=O) groups is 1. The number of nitrogens with zero attached hydrogens (tertiary/aromatic N) is 5. The Morgan fingerprint density at radius 1 is 1.17 bits per heavy atom. The summed E-state index contributed by atoms with van der Waals surface area (Å²) in [5.41, 5.74) is 1.27. The number of carbonyl (C=O) groups excluding carboxylic acids is 1. The van der Waals surface area contributed by atoms with Crippen molar-refractivity contribution in [3.05, 3.63) is 113 Å². The molecule has 0 radical (unpaired) electrons. The van der Waals surface area contributed by atoms with E-state index in [1.165, 1.54) is 28.5 Å². The van der Waals surface area contributed by atoms with Crippen molar-refractivity contribution < 1.29 is 19.2 Å². The van der Waals surface area contributed by atoms with Gasteiger partial charge in [0, 0.05) is 29.4 Å². The molecule has 0 spiro atoms. The number of non-ortho nitro benzene ring substituents is 1. The first-order valence-corrected chi connectivity index (χ1v) is 14.4. The van der Waals surface area contributed by atoms with Crippen LogP contribution in [0.1, 0.15) is 37.9 Å². The number of aromatic nitrogens is 3. The number of fused-ring (bicyclic) bond motifs is 1. The first-order chi connectivity index (χ1) is 20.2. The van der Waals surface area contributed by atoms with E-state index in [0.29, 0.717) is 37.4 Å². The third kappa shape index (κ3) is 5.87. The first kappa shape index (κ1) is 28.9. The molecule has 0 unspecified atom stereocenters. The van der Waals surface area contributed by atoms with Crippen LogP contribution in [0.2, 0.25) is 0 Å². The number of hydrogen-bond donors (Lipinski definition) is 0. The molecule has 1 aliphatic rings. The van der Waals surface area contributed by atoms with E-state index in [4.69, 9.17) is 9.47 Å². The monoisotopic (exact) mass is 603 g/mol. The molecule has 1 aliphatic heterocycles. The molecule has 11 nitrogen and oxygen atoms in total. The Hall–Kier alpha value is -4.62. The van der Waals surface area contributed by atoms with Crippen LogP contribution in [-0.4, -0.2) is 38.6 Å². The largest absolute Gasteiger partial charge is 0.497 e. The number of nitro benzene ring substituents is 1. The van der Waals surface area contributed by atoms with Crippen molar-refractivity contribution in [2.75, 3.05) is 7.11 Å². The lowest BCUT2D eigenvalue weighted by Crippen LogP contribution is -2.40. The molecular weight excluding hydrogens is 578 g/mol. The third-order valence-corrected chi connectivity index (χ3v) is 8.22. The topological polar surface area (TPSA) is 139 Å². The van der Waals surface area contributed by atoms with Crippen LogP contribution in [0.5, 0.6) is 5.75 Å². The van der Waals surface area contributed by atoms with E-state index in [9.17, 15) is 19.7 Å². The zero-order valence-corrected chi connectivity index (χ0v) is 24.6. The third-order valence-electron chi connectivity index (χ3n) is 6.25. The van der Waals surface area contributed by atoms with Crippen molar-refractivity contribution >= 4 is 40.8 Å². The van der Waals surface area contributed by atoms with Gasteiger partial charge in [-0.1, -0.05) is 23.5 Å². The molecule has 2 aromatic carbocycles. The first-order valence-electron chi connectivity index (χ1n) is 12.8. The lowest BCUT2D eigenvalue weighted by molar-refractivity contribution is -0.384. The average molecular weight is 604 g/mol. The Balaban J connectivity index is 1.70. The van der Waals surface area contributed by atoms with E-state index >= 15 is 0 Å². The Kier molecular flexibility index (Phi) is 8.31. The van der Waals surface area contributed by atoms with Crippen molar-refractivity contribution in [2.45, 2.75) is 43.0 Å². The van der Waals surface area contributed by atoms with E-state index in [0.717, 1.165) is 11.3 Å². The van der Waals surface area contributed by atoms with Crippen molar-refractivity contribution in [2.24, 2.45) is 4.99 Å². The molecule has 13 heteroatoms. The minimum Gasteiger partial charge on any atom is -0.497 e. The maximum Gasteiger partial charge on any atom is 0.338 e. The Morgan fingerprint density at radius 3 is 2.52 bits per heavy atom. The van der Waals surface area contributed by atoms with Crippen molar-refractivity contribution in [1.29, 1.82) is 0 Å². The molecule has 0 aliphatic carbocycles. The fourth-order valence-electron chi connectivity index (χ4n) is 4.39. The fourth-order valence-corrected chi connectivity index (χ4v) is 6.23. The van der Waals surface area contributed by atoms with Crippen LogP contribution >= 0.6 is 23.1 Å². The Morgan fingerprint density at radius 2 is 1.88 bits per heavy atom. The predicted octanol–water partition coefficient (Wildman–Crippen LogP) is 4.04. The lowest BCUT2D eigenvalue weighted by Gasteiger charge is -2.25. The summed E-state index contributed by atoms with van der Waals surface area (Å²) in [6.07, 6.45) is 4.42. The molecule has 42 heavy (non-hydrogen) atoms. The molecule has 0 amide bonds. The fraction of sp³-hybridized carbons (Fsp3) is 0.207. The van der Waals surface area contributed by atoms with E-state index in [1.807, 2.05) is 0 Å². The molecule has 3 heterocycles. The number of benzene rings is 2. The van der Waals surface area contributed by atoms with Gasteiger partial charge in [-0.25, -0.2) is 19.8 Å². The van der Waals surface area contributed by atoms with Gasteiger partial charge < -0.3 is 9.47 Å². The van der Waals surface area contributed by atoms with Gasteiger partial charge in [0.05, 0.1) is 40.0 Å². The van der Waals surface area contributed by atoms with Gasteiger partial charge in [0.15, 0.2) is 9.96 Å². The zero-order chi connectivity index (χ0) is 30.0. The quantitative estimate of drug-likeness (QED) is 0.126. The van der Waals surface area contributed by atoms with Crippen molar-refractivity contribution in [1.82, 2.24) is 14.5 Å². The second-order valence-electron chi connectivity index (χ2n) is 9.42. The lowest BCUT2D eigenvalue weighted by atomic mass is 9.96. The van der Waals surface area contributed by atoms with Crippen LogP contribution < -0.4 is 19.6 Å². The van der Waals surface area contributed by atoms with Gasteiger partial charge >= 0.3 is 5.97 Å². The summed E-state index contributed by atoms with van der Waals surface area (Å²) in [6, 6.07) is 12.4. The number of rotatable bonds is 8. The molecule has 0 fully saturated rings. The van der Waals surface area contributed by atoms with Gasteiger partial charge in [0.1, 0.15) is 5.75 Å². The summed E-state index contributed by atoms with van der Waals surface area (Å²) in [6.45, 7) is 5.21. The number of ether oxygens (including phenoxy) is 2. The minimum absolute atomic E-state index is 0.127. The number of esters is 1. The van der Waals surface area contributed by atoms with E-state index in [1.54, 1.807) is 82.7 Å². The summed E-state index contributed by atoms with van der Waals surface area (Å²) >= 11 is 2.35. The van der Waals surface area contributed by atoms with Crippen molar-refractivity contribution in [3.63, 3.8) is 0 Å². The summed E-state index contributed by atoms with van der Waals surface area (Å²) in [7, 11) is 1.55. The van der Waals surface area contributed by atoms with Crippen LogP contribution in [0.15, 0.2) is 92.0 Å². The second kappa shape index (κ2) is 12.1. The maximum absolute atomic E-state index is 14.0. The van der Waals surface area contributed by atoms with Gasteiger partial charge in [0.25, 0.3) is 11.2 Å². The smallest absolute Gasteiger partial charge is 0.338 e. The predicted molar refractivity (Wildman–Crippen MR) is 157 cm³/mol. The average Bonchev–Trinajstić information content (AvgIpc) is 3.27. The van der Waals surface area contributed by atoms with Gasteiger partial charge in [0.2, 0.25) is 0 Å². The number of methoxy groups -OCH3 is 1. The van der Waals surface area contributed by atoms with Gasteiger partial charge in [-0.3, -0.25) is 19.5 Å². The van der Waals surface area contributed by atoms with Crippen LogP contribution in [0.3, 0.4) is 0 Å². The molecule has 5 rings (SSSR count). The van der Waals surface area contributed by atoms with E-state index in [-0.39, 0.29) is 21.9 Å². The highest BCUT2D eigenvalue weighted by Gasteiger charge is 2.34. The van der Waals surface area contributed by atoms with Gasteiger partial charge in [-0.2, -0.15) is 0 Å². The molecule has 214 valence electrons. The molecule has 0 saturated carbocycles. The number of allylic oxidation sites excluding steroid dienone is 1. The molecule has 1 atom stereocenters. The number of hydrogen-bond acceptors (Lipinski definition) is 11. The molecule has 0 bridgehead atoms. The maximum atomic E-state index is 14.0. The molecule has 4 aromatic rings. The van der Waals surface area contributed by atoms with Gasteiger partial charge in [-0.05, 0) is 74.0 Å². The van der Waals surface area contributed by atoms with Crippen molar-refractivity contribution in [3.8, 4) is 5.75 Å². The molecule has 2 aromatic heterocycles. The van der Waals surface area contributed by atoms with Crippen LogP contribution in [0.25, 0.3) is 6.08 Å². The van der Waals surface area contributed by atoms with E-state index in [2.05, 4.69) is 15.0 Å². The minimum atomic E-state index is -0.808. The SMILES string of the molecule is COc1ccc([C@H]2C(C(=O)OC(C)C)=C(C)N=c3s/c(=C/c4cc([N+](=O)[O-])ccc4Sc4ncccn4)c(=O)n32)cc1. The highest BCUT2D eigenvalue weighted by Crippen LogP contribution is 2.33. The molecule has 0 saturated heterocycles. The Bertz CT molecular complexity index is 1880. The number of thiazole rings is 1. The molecule has 0 N–H and O–H groups in total. The highest BCUT2D eigenvalue weighted by molar-refractivity contribution is 7.99. The summed E-state index contributed by atoms with van der Waals surface area (Å²) < 4.78 is 12.6. The van der Waals surface area contributed by atoms with Gasteiger partial charge in [-0.15, -0.1) is 0 Å². The normalized spacial score (nSPS) is 14.9. The zero-order valence-electron chi connectivity index (χ0n) is 23.0. The molecular formula is C29H25N5O6S2. The summed E-state index contributed by atoms with van der Waals surface area (Å²) in [5, 5.41) is 12.0. The highest BCUT2D eigenvalue weighted by atomic mass is 32.2. The summed E-state index contributed by atoms with van der Waals surface area (Å²) in [4.78, 5) is 52.5. The Labute approximate surface area is 248 Å². The van der Waals surface area contributed by atoms with Crippen LogP contribution in [0.4, 0.5) is 5.69 Å². The van der Waals surface area contributed by atoms with Crippen LogP contribution in [0, 0.1) is 10.1 Å². The van der Waals surface area contributed by atoms with Crippen LogP contribution in [-0.2, 0) is 9.53 Å². The number of nitro groups is 1. The van der Waals surface area contributed by atoms with E-state index < -0.39 is 22.5 Å². The summed E-state index contributed by atoms with van der Waals surface area (Å²) in [5.74, 6) is 0.0536.